The van der Waals surface area contributed by atoms with Crippen molar-refractivity contribution in [2.24, 2.45) is 5.41 Å². The third-order valence-corrected chi connectivity index (χ3v) is 6.50. The van der Waals surface area contributed by atoms with Crippen LogP contribution < -0.4 is 0 Å². The Morgan fingerprint density at radius 3 is 2.32 bits per heavy atom. The van der Waals surface area contributed by atoms with Crippen LogP contribution in [0.1, 0.15) is 47.0 Å². The highest BCUT2D eigenvalue weighted by atomic mass is 16.7. The Bertz CT molecular complexity index is 550. The molecule has 2 aliphatic rings. The van der Waals surface area contributed by atoms with Gasteiger partial charge in [0.1, 0.15) is 35.6 Å². The topological polar surface area (TPSA) is 129 Å². The van der Waals surface area contributed by atoms with Gasteiger partial charge in [-0.15, -0.1) is 0 Å². The average molecular weight is 404 g/mol. The first-order chi connectivity index (χ1) is 12.9. The molecule has 0 bridgehead atoms. The van der Waals surface area contributed by atoms with Crippen LogP contribution in [0, 0.1) is 5.41 Å². The second kappa shape index (κ2) is 8.65. The fourth-order valence-corrected chi connectivity index (χ4v) is 4.29. The lowest BCUT2D eigenvalue weighted by molar-refractivity contribution is -0.352. The first kappa shape index (κ1) is 23.7. The minimum absolute atomic E-state index is 0.210. The van der Waals surface area contributed by atoms with Gasteiger partial charge in [-0.3, -0.25) is 0 Å². The lowest BCUT2D eigenvalue weighted by Crippen LogP contribution is -2.67. The zero-order valence-electron chi connectivity index (χ0n) is 17.4. The second-order valence-electron chi connectivity index (χ2n) is 8.85. The molecule has 1 saturated carbocycles. The predicted octanol–water partition coefficient (Wildman–Crippen LogP) is 0.0939. The Hall–Kier alpha value is -0.580. The van der Waals surface area contributed by atoms with Gasteiger partial charge >= 0.3 is 0 Å². The Kier molecular flexibility index (Phi) is 7.32. The molecule has 0 aromatic carbocycles. The van der Waals surface area contributed by atoms with E-state index >= 15 is 0 Å². The summed E-state index contributed by atoms with van der Waals surface area (Å²) in [5.74, 6) is 0. The summed E-state index contributed by atoms with van der Waals surface area (Å²) in [6.45, 7) is 6.96. The first-order valence-electron chi connectivity index (χ1n) is 9.85. The molecule has 5 N–H and O–H groups in total. The van der Waals surface area contributed by atoms with Crippen molar-refractivity contribution in [2.75, 3.05) is 13.7 Å². The van der Waals surface area contributed by atoms with E-state index in [1.807, 2.05) is 20.8 Å². The molecule has 8 nitrogen and oxygen atoms in total. The molecule has 1 saturated heterocycles. The lowest BCUT2D eigenvalue weighted by atomic mass is 9.58. The van der Waals surface area contributed by atoms with Gasteiger partial charge in [0.25, 0.3) is 0 Å². The molecule has 0 aromatic rings. The molecule has 0 aromatic heterocycles. The van der Waals surface area contributed by atoms with Crippen molar-refractivity contribution >= 4 is 0 Å². The van der Waals surface area contributed by atoms with Gasteiger partial charge in [-0.2, -0.15) is 0 Å². The van der Waals surface area contributed by atoms with E-state index in [1.165, 1.54) is 0 Å². The van der Waals surface area contributed by atoms with Gasteiger partial charge in [-0.05, 0) is 38.5 Å². The van der Waals surface area contributed by atoms with Crippen molar-refractivity contribution < 1.29 is 39.7 Å². The molecule has 28 heavy (non-hydrogen) atoms. The van der Waals surface area contributed by atoms with Gasteiger partial charge in [0.2, 0.25) is 0 Å². The number of aliphatic hydroxyl groups excluding tert-OH is 4. The zero-order chi connectivity index (χ0) is 21.3. The van der Waals surface area contributed by atoms with Gasteiger partial charge in [-0.1, -0.05) is 26.0 Å². The molecule has 1 unspecified atom stereocenters. The van der Waals surface area contributed by atoms with Gasteiger partial charge in [-0.25, -0.2) is 0 Å². The number of rotatable bonds is 6. The molecule has 2 fully saturated rings. The third kappa shape index (κ3) is 4.15. The van der Waals surface area contributed by atoms with E-state index < -0.39 is 53.9 Å². The van der Waals surface area contributed by atoms with Gasteiger partial charge < -0.3 is 39.7 Å². The average Bonchev–Trinajstić information content (AvgIpc) is 2.64. The summed E-state index contributed by atoms with van der Waals surface area (Å²) in [7, 11) is 1.58. The van der Waals surface area contributed by atoms with Crippen LogP contribution in [-0.2, 0) is 14.2 Å². The van der Waals surface area contributed by atoms with E-state index in [-0.39, 0.29) is 6.10 Å². The maximum Gasteiger partial charge on any atom is 0.187 e. The third-order valence-electron chi connectivity index (χ3n) is 6.50. The molecular formula is C20H36O8. The summed E-state index contributed by atoms with van der Waals surface area (Å²) in [6.07, 6.45) is -1.61. The largest absolute Gasteiger partial charge is 0.394 e. The van der Waals surface area contributed by atoms with Crippen molar-refractivity contribution in [2.45, 2.75) is 95.0 Å². The van der Waals surface area contributed by atoms with Crippen LogP contribution in [0.4, 0.5) is 0 Å². The molecule has 8 heteroatoms. The maximum atomic E-state index is 11.8. The van der Waals surface area contributed by atoms with E-state index in [0.717, 1.165) is 12.8 Å². The van der Waals surface area contributed by atoms with Gasteiger partial charge in [0.05, 0.1) is 12.7 Å². The normalized spacial score (nSPS) is 45.3. The van der Waals surface area contributed by atoms with Crippen LogP contribution in [0.15, 0.2) is 12.2 Å². The van der Waals surface area contributed by atoms with Crippen LogP contribution in [0.25, 0.3) is 0 Å². The van der Waals surface area contributed by atoms with E-state index in [2.05, 4.69) is 0 Å². The minimum atomic E-state index is -1.53. The van der Waals surface area contributed by atoms with E-state index in [0.29, 0.717) is 6.42 Å². The Morgan fingerprint density at radius 1 is 1.11 bits per heavy atom. The lowest BCUT2D eigenvalue weighted by Gasteiger charge is -2.57. The zero-order valence-corrected chi connectivity index (χ0v) is 17.4. The summed E-state index contributed by atoms with van der Waals surface area (Å²) >= 11 is 0. The summed E-state index contributed by atoms with van der Waals surface area (Å²) in [4.78, 5) is 0. The van der Waals surface area contributed by atoms with Gasteiger partial charge in [0, 0.05) is 7.11 Å². The number of hydrogen-bond donors (Lipinski definition) is 5. The summed E-state index contributed by atoms with van der Waals surface area (Å²) in [5.41, 5.74) is -3.10. The van der Waals surface area contributed by atoms with Crippen LogP contribution in [-0.4, -0.2) is 87.3 Å². The van der Waals surface area contributed by atoms with E-state index in [9.17, 15) is 25.5 Å². The Labute approximate surface area is 166 Å². The summed E-state index contributed by atoms with van der Waals surface area (Å²) in [5, 5.41) is 51.6. The quantitative estimate of drug-likeness (QED) is 0.394. The monoisotopic (exact) mass is 404 g/mol. The molecule has 2 rings (SSSR count). The van der Waals surface area contributed by atoms with Crippen molar-refractivity contribution in [1.82, 2.24) is 0 Å². The van der Waals surface area contributed by atoms with Crippen LogP contribution in [0.3, 0.4) is 0 Å². The molecular weight excluding hydrogens is 368 g/mol. The van der Waals surface area contributed by atoms with E-state index in [1.54, 1.807) is 26.2 Å². The number of aliphatic hydroxyl groups is 5. The molecule has 1 aliphatic heterocycles. The molecule has 0 amide bonds. The van der Waals surface area contributed by atoms with Crippen LogP contribution >= 0.6 is 0 Å². The van der Waals surface area contributed by atoms with Crippen molar-refractivity contribution in [1.29, 1.82) is 0 Å². The number of methoxy groups -OCH3 is 1. The Balaban J connectivity index is 2.35. The minimum Gasteiger partial charge on any atom is -0.394 e. The van der Waals surface area contributed by atoms with Crippen molar-refractivity contribution in [3.8, 4) is 0 Å². The standard InChI is InChI=1S/C20H36O8/c1-12(26-5)7-10-20(25)18(2,3)8-6-9-19(20,4)28-17-16(24)15(23)14(22)13(11-21)27-17/h7,10,12-17,21-25H,6,8-9,11H2,1-5H3/b10-7+/t12?,13-,14-,15+,16-,17+,19-,20-/m1/s1. The fourth-order valence-electron chi connectivity index (χ4n) is 4.29. The summed E-state index contributed by atoms with van der Waals surface area (Å²) in [6, 6.07) is 0. The van der Waals surface area contributed by atoms with Gasteiger partial charge in [0.15, 0.2) is 6.29 Å². The second-order valence-corrected chi connectivity index (χ2v) is 8.85. The van der Waals surface area contributed by atoms with E-state index in [4.69, 9.17) is 14.2 Å². The summed E-state index contributed by atoms with van der Waals surface area (Å²) < 4.78 is 16.9. The highest BCUT2D eigenvalue weighted by Crippen LogP contribution is 2.52. The van der Waals surface area contributed by atoms with Crippen LogP contribution in [0.2, 0.25) is 0 Å². The molecule has 0 radical (unpaired) electrons. The first-order valence-corrected chi connectivity index (χ1v) is 9.85. The number of ether oxygens (including phenoxy) is 3. The molecule has 1 aliphatic carbocycles. The molecule has 0 spiro atoms. The number of hydrogen-bond acceptors (Lipinski definition) is 8. The SMILES string of the molecule is COC(C)/C=C/[C@@]1(O)C(C)(C)CCC[C@@]1(C)O[C@@H]1O[C@H](CO)[C@@H](O)[C@H](O)[C@H]1O. The highest BCUT2D eigenvalue weighted by Gasteiger charge is 2.60. The van der Waals surface area contributed by atoms with Crippen molar-refractivity contribution in [3.05, 3.63) is 12.2 Å². The predicted molar refractivity (Wildman–Crippen MR) is 101 cm³/mol. The van der Waals surface area contributed by atoms with Crippen LogP contribution in [0.5, 0.6) is 0 Å². The fraction of sp³-hybridized carbons (Fsp3) is 0.900. The maximum absolute atomic E-state index is 11.8. The molecule has 8 atom stereocenters. The highest BCUT2D eigenvalue weighted by molar-refractivity contribution is 5.21. The molecule has 164 valence electrons. The Morgan fingerprint density at radius 2 is 1.75 bits per heavy atom. The smallest absolute Gasteiger partial charge is 0.187 e. The van der Waals surface area contributed by atoms with Crippen molar-refractivity contribution in [3.63, 3.8) is 0 Å². The molecule has 1 heterocycles.